The molecule has 0 bridgehead atoms. The number of likely N-dealkylation sites (tertiary alicyclic amines) is 1. The Bertz CT molecular complexity index is 872. The number of fused-ring (bicyclic) bond motifs is 1. The lowest BCUT2D eigenvalue weighted by molar-refractivity contribution is -0.0000147. The second-order valence-corrected chi connectivity index (χ2v) is 8.67. The SMILES string of the molecule is Cn1c(CN2CCC(N3CCOCC3)CC2)nc2c(N3CCOCC3)nc(Cl)nc21. The highest BCUT2D eigenvalue weighted by atomic mass is 35.5. The van der Waals surface area contributed by atoms with Gasteiger partial charge in [-0.05, 0) is 24.4 Å². The number of piperidine rings is 1. The molecule has 0 radical (unpaired) electrons. The molecule has 0 unspecified atom stereocenters. The first-order valence-corrected chi connectivity index (χ1v) is 11.3. The number of anilines is 1. The summed E-state index contributed by atoms with van der Waals surface area (Å²) in [5.74, 6) is 1.84. The van der Waals surface area contributed by atoms with Crippen molar-refractivity contribution in [1.82, 2.24) is 29.3 Å². The highest BCUT2D eigenvalue weighted by Crippen LogP contribution is 2.27. The average molecular weight is 436 g/mol. The Labute approximate surface area is 181 Å². The molecule has 0 saturated carbocycles. The minimum Gasteiger partial charge on any atom is -0.379 e. The summed E-state index contributed by atoms with van der Waals surface area (Å²) in [5, 5.41) is 0.268. The fourth-order valence-electron chi connectivity index (χ4n) is 4.79. The summed E-state index contributed by atoms with van der Waals surface area (Å²) < 4.78 is 13.1. The van der Waals surface area contributed by atoms with Gasteiger partial charge in [0.15, 0.2) is 17.0 Å². The number of ether oxygens (including phenoxy) is 2. The zero-order chi connectivity index (χ0) is 20.5. The number of nitrogens with zero attached hydrogens (tertiary/aromatic N) is 7. The van der Waals surface area contributed by atoms with Gasteiger partial charge in [0.25, 0.3) is 0 Å². The van der Waals surface area contributed by atoms with Crippen LogP contribution < -0.4 is 4.90 Å². The molecule has 30 heavy (non-hydrogen) atoms. The van der Waals surface area contributed by atoms with Crippen LogP contribution in [0.2, 0.25) is 5.28 Å². The van der Waals surface area contributed by atoms with Crippen LogP contribution >= 0.6 is 11.6 Å². The lowest BCUT2D eigenvalue weighted by atomic mass is 10.0. The van der Waals surface area contributed by atoms with Gasteiger partial charge in [-0.1, -0.05) is 0 Å². The van der Waals surface area contributed by atoms with E-state index in [-0.39, 0.29) is 5.28 Å². The molecule has 0 amide bonds. The normalized spacial score (nSPS) is 22.8. The van der Waals surface area contributed by atoms with Crippen LogP contribution in [-0.4, -0.2) is 101 Å². The van der Waals surface area contributed by atoms with Gasteiger partial charge in [-0.15, -0.1) is 0 Å². The van der Waals surface area contributed by atoms with E-state index in [1.54, 1.807) is 0 Å². The fraction of sp³-hybridized carbons (Fsp3) is 0.750. The molecule has 2 aromatic rings. The van der Waals surface area contributed by atoms with Crippen molar-refractivity contribution in [1.29, 1.82) is 0 Å². The Morgan fingerprint density at radius 1 is 0.900 bits per heavy atom. The Morgan fingerprint density at radius 3 is 2.27 bits per heavy atom. The third kappa shape index (κ3) is 4.13. The summed E-state index contributed by atoms with van der Waals surface area (Å²) >= 11 is 6.26. The predicted octanol–water partition coefficient (Wildman–Crippen LogP) is 1.15. The van der Waals surface area contributed by atoms with Gasteiger partial charge in [-0.25, -0.2) is 4.98 Å². The molecule has 0 N–H and O–H groups in total. The van der Waals surface area contributed by atoms with Gasteiger partial charge in [0.1, 0.15) is 5.82 Å². The number of rotatable bonds is 4. The summed E-state index contributed by atoms with van der Waals surface area (Å²) in [5.41, 5.74) is 1.64. The van der Waals surface area contributed by atoms with E-state index in [1.165, 1.54) is 12.8 Å². The fourth-order valence-corrected chi connectivity index (χ4v) is 4.95. The van der Waals surface area contributed by atoms with Crippen molar-refractivity contribution in [2.24, 2.45) is 7.05 Å². The van der Waals surface area contributed by atoms with Gasteiger partial charge < -0.3 is 18.9 Å². The zero-order valence-corrected chi connectivity index (χ0v) is 18.4. The second kappa shape index (κ2) is 8.92. The minimum atomic E-state index is 0.268. The molecular weight excluding hydrogens is 406 g/mol. The van der Waals surface area contributed by atoms with Crippen LogP contribution in [0.15, 0.2) is 0 Å². The smallest absolute Gasteiger partial charge is 0.226 e. The maximum Gasteiger partial charge on any atom is 0.226 e. The molecular formula is C20H30ClN7O2. The molecule has 5 rings (SSSR count). The number of hydrogen-bond donors (Lipinski definition) is 0. The lowest BCUT2D eigenvalue weighted by Gasteiger charge is -2.39. The van der Waals surface area contributed by atoms with Crippen LogP contribution in [0.1, 0.15) is 18.7 Å². The van der Waals surface area contributed by atoms with E-state index in [0.717, 1.165) is 81.8 Å². The molecule has 0 aromatic carbocycles. The third-order valence-electron chi connectivity index (χ3n) is 6.56. The van der Waals surface area contributed by atoms with Crippen LogP contribution in [0.3, 0.4) is 0 Å². The highest BCUT2D eigenvalue weighted by molar-refractivity contribution is 6.28. The monoisotopic (exact) mass is 435 g/mol. The van der Waals surface area contributed by atoms with Crippen molar-refractivity contribution >= 4 is 28.6 Å². The molecule has 0 spiro atoms. The van der Waals surface area contributed by atoms with E-state index < -0.39 is 0 Å². The number of imidazole rings is 1. The maximum absolute atomic E-state index is 6.26. The van der Waals surface area contributed by atoms with Crippen molar-refractivity contribution in [3.05, 3.63) is 11.1 Å². The minimum absolute atomic E-state index is 0.268. The Balaban J connectivity index is 1.31. The lowest BCUT2D eigenvalue weighted by Crippen LogP contribution is -2.48. The number of aryl methyl sites for hydroxylation is 1. The van der Waals surface area contributed by atoms with Crippen molar-refractivity contribution in [2.45, 2.75) is 25.4 Å². The van der Waals surface area contributed by atoms with E-state index in [2.05, 4.69) is 29.2 Å². The van der Waals surface area contributed by atoms with E-state index in [9.17, 15) is 0 Å². The van der Waals surface area contributed by atoms with Gasteiger partial charge in [0.05, 0.1) is 33.0 Å². The summed E-state index contributed by atoms with van der Waals surface area (Å²) in [6.45, 7) is 9.86. The Hall–Kier alpha value is -1.52. The van der Waals surface area contributed by atoms with Gasteiger partial charge in [-0.3, -0.25) is 9.80 Å². The number of aromatic nitrogens is 4. The molecule has 3 aliphatic rings. The first-order valence-electron chi connectivity index (χ1n) is 10.9. The number of morpholine rings is 2. The van der Waals surface area contributed by atoms with Crippen LogP contribution in [0.4, 0.5) is 5.82 Å². The molecule has 5 heterocycles. The van der Waals surface area contributed by atoms with E-state index >= 15 is 0 Å². The van der Waals surface area contributed by atoms with Crippen LogP contribution in [-0.2, 0) is 23.1 Å². The van der Waals surface area contributed by atoms with Crippen molar-refractivity contribution in [2.75, 3.05) is 70.6 Å². The summed E-state index contributed by atoms with van der Waals surface area (Å²) in [4.78, 5) is 21.2. The summed E-state index contributed by atoms with van der Waals surface area (Å²) in [6, 6.07) is 0.684. The number of hydrogen-bond acceptors (Lipinski definition) is 8. The second-order valence-electron chi connectivity index (χ2n) is 8.33. The maximum atomic E-state index is 6.26. The van der Waals surface area contributed by atoms with Gasteiger partial charge >= 0.3 is 0 Å². The standard InChI is InChI=1S/C20H30ClN7O2/c1-25-16(14-26-4-2-15(3-5-26)27-6-10-29-11-7-27)22-17-18(25)23-20(21)24-19(17)28-8-12-30-13-9-28/h15H,2-14H2,1H3. The zero-order valence-electron chi connectivity index (χ0n) is 17.6. The average Bonchev–Trinajstić information content (AvgIpc) is 3.10. The van der Waals surface area contributed by atoms with Crippen LogP contribution in [0, 0.1) is 0 Å². The molecule has 10 heteroatoms. The number of halogens is 1. The first kappa shape index (κ1) is 20.4. The van der Waals surface area contributed by atoms with E-state index in [4.69, 9.17) is 26.1 Å². The van der Waals surface area contributed by atoms with Gasteiger partial charge in [-0.2, -0.15) is 9.97 Å². The molecule has 3 aliphatic heterocycles. The molecule has 9 nitrogen and oxygen atoms in total. The van der Waals surface area contributed by atoms with E-state index in [0.29, 0.717) is 19.3 Å². The summed E-state index contributed by atoms with van der Waals surface area (Å²) in [7, 11) is 2.03. The van der Waals surface area contributed by atoms with E-state index in [1.807, 2.05) is 7.05 Å². The molecule has 0 aliphatic carbocycles. The van der Waals surface area contributed by atoms with Crippen LogP contribution in [0.25, 0.3) is 11.2 Å². The van der Waals surface area contributed by atoms with Gasteiger partial charge in [0, 0.05) is 52.4 Å². The molecule has 3 saturated heterocycles. The highest BCUT2D eigenvalue weighted by Gasteiger charge is 2.27. The predicted molar refractivity (Wildman–Crippen MR) is 115 cm³/mol. The van der Waals surface area contributed by atoms with Crippen LogP contribution in [0.5, 0.6) is 0 Å². The Morgan fingerprint density at radius 2 is 1.57 bits per heavy atom. The third-order valence-corrected chi connectivity index (χ3v) is 6.73. The largest absolute Gasteiger partial charge is 0.379 e. The van der Waals surface area contributed by atoms with Crippen molar-refractivity contribution in [3.63, 3.8) is 0 Å². The molecule has 2 aromatic heterocycles. The molecule has 3 fully saturated rings. The Kier molecular flexibility index (Phi) is 6.06. The molecule has 0 atom stereocenters. The topological polar surface area (TPSA) is 71.8 Å². The first-order chi connectivity index (χ1) is 14.7. The quantitative estimate of drug-likeness (QED) is 0.662. The van der Waals surface area contributed by atoms with Gasteiger partial charge in [0.2, 0.25) is 5.28 Å². The van der Waals surface area contributed by atoms with Crippen molar-refractivity contribution < 1.29 is 9.47 Å². The van der Waals surface area contributed by atoms with Crippen molar-refractivity contribution in [3.8, 4) is 0 Å². The molecule has 164 valence electrons. The summed E-state index contributed by atoms with van der Waals surface area (Å²) in [6.07, 6.45) is 2.41.